The van der Waals surface area contributed by atoms with E-state index in [9.17, 15) is 14.9 Å². The van der Waals surface area contributed by atoms with Gasteiger partial charge in [-0.05, 0) is 23.7 Å². The van der Waals surface area contributed by atoms with Crippen LogP contribution in [0.3, 0.4) is 0 Å². The Hall–Kier alpha value is -1.63. The molecule has 1 atom stereocenters. The first kappa shape index (κ1) is 11.8. The van der Waals surface area contributed by atoms with Crippen molar-refractivity contribution < 1.29 is 14.5 Å². The van der Waals surface area contributed by atoms with Crippen LogP contribution in [-0.2, 0) is 9.53 Å². The van der Waals surface area contributed by atoms with Gasteiger partial charge in [0, 0.05) is 0 Å². The number of hydrogen-bond acceptors (Lipinski definition) is 5. The molecule has 1 heterocycles. The summed E-state index contributed by atoms with van der Waals surface area (Å²) in [6.45, 7) is 0. The number of halogens is 1. The summed E-state index contributed by atoms with van der Waals surface area (Å²) < 4.78 is 5.89. The molecule has 1 aliphatic rings. The van der Waals surface area contributed by atoms with Crippen molar-refractivity contribution in [3.8, 4) is 0 Å². The second-order valence-corrected chi connectivity index (χ2v) is 4.25. The molecule has 17 heavy (non-hydrogen) atoms. The highest BCUT2D eigenvalue weighted by atomic mass is 35.5. The van der Waals surface area contributed by atoms with Crippen molar-refractivity contribution in [2.75, 3.05) is 7.11 Å². The standard InChI is InChI=1S/C9H10ClN3O4/c1-17-9(14)7(5-2-3-5)12-4-6(10)8(11-12)13(15)16/h4-5,7H,2-3H2,1H3. The molecule has 1 aromatic heterocycles. The number of ether oxygens (including phenoxy) is 1. The number of hydrogen-bond donors (Lipinski definition) is 0. The van der Waals surface area contributed by atoms with Crippen LogP contribution in [0.1, 0.15) is 18.9 Å². The summed E-state index contributed by atoms with van der Waals surface area (Å²) in [5.41, 5.74) is 0. The zero-order valence-electron chi connectivity index (χ0n) is 9.00. The van der Waals surface area contributed by atoms with E-state index < -0.39 is 22.8 Å². The Kier molecular flexibility index (Phi) is 3.01. The molecule has 92 valence electrons. The summed E-state index contributed by atoms with van der Waals surface area (Å²) in [6.07, 6.45) is 3.05. The smallest absolute Gasteiger partial charge is 0.408 e. The Balaban J connectivity index is 2.33. The Labute approximate surface area is 101 Å². The molecule has 2 rings (SSSR count). The molecular weight excluding hydrogens is 250 g/mol. The zero-order chi connectivity index (χ0) is 12.6. The van der Waals surface area contributed by atoms with E-state index in [1.54, 1.807) is 0 Å². The molecule has 1 aromatic rings. The van der Waals surface area contributed by atoms with Gasteiger partial charge in [-0.3, -0.25) is 0 Å². The van der Waals surface area contributed by atoms with Gasteiger partial charge in [-0.15, -0.1) is 0 Å². The maximum absolute atomic E-state index is 11.6. The second kappa shape index (κ2) is 4.33. The van der Waals surface area contributed by atoms with Crippen molar-refractivity contribution >= 4 is 23.4 Å². The van der Waals surface area contributed by atoms with E-state index in [-0.39, 0.29) is 10.9 Å². The lowest BCUT2D eigenvalue weighted by atomic mass is 10.2. The van der Waals surface area contributed by atoms with Crippen LogP contribution in [0.5, 0.6) is 0 Å². The summed E-state index contributed by atoms with van der Waals surface area (Å²) in [5, 5.41) is 14.3. The number of esters is 1. The van der Waals surface area contributed by atoms with E-state index in [0.717, 1.165) is 12.8 Å². The number of rotatable bonds is 4. The average molecular weight is 260 g/mol. The third kappa shape index (κ3) is 2.23. The fourth-order valence-electron chi connectivity index (χ4n) is 1.68. The first-order valence-corrected chi connectivity index (χ1v) is 5.39. The van der Waals surface area contributed by atoms with Crippen molar-refractivity contribution in [1.29, 1.82) is 0 Å². The molecule has 0 aliphatic heterocycles. The Morgan fingerprint density at radius 1 is 1.76 bits per heavy atom. The first-order valence-electron chi connectivity index (χ1n) is 5.01. The largest absolute Gasteiger partial charge is 0.467 e. The van der Waals surface area contributed by atoms with E-state index >= 15 is 0 Å². The lowest BCUT2D eigenvalue weighted by molar-refractivity contribution is -0.389. The normalized spacial score (nSPS) is 16.6. The molecule has 0 spiro atoms. The molecule has 0 radical (unpaired) electrons. The lowest BCUT2D eigenvalue weighted by Crippen LogP contribution is -2.23. The third-order valence-corrected chi connectivity index (χ3v) is 2.91. The minimum atomic E-state index is -0.680. The van der Waals surface area contributed by atoms with Crippen LogP contribution in [-0.4, -0.2) is 27.8 Å². The SMILES string of the molecule is COC(=O)C(C1CC1)n1cc(Cl)c([N+](=O)[O-])n1. The molecule has 8 heteroatoms. The minimum absolute atomic E-state index is 0.0791. The highest BCUT2D eigenvalue weighted by Crippen LogP contribution is 2.41. The van der Waals surface area contributed by atoms with Crippen molar-refractivity contribution in [2.24, 2.45) is 5.92 Å². The molecule has 0 aromatic carbocycles. The third-order valence-electron chi connectivity index (χ3n) is 2.64. The number of aromatic nitrogens is 2. The van der Waals surface area contributed by atoms with Gasteiger partial charge in [-0.1, -0.05) is 11.6 Å². The molecule has 0 saturated heterocycles. The molecule has 0 bridgehead atoms. The van der Waals surface area contributed by atoms with Gasteiger partial charge in [-0.2, -0.15) is 4.68 Å². The quantitative estimate of drug-likeness (QED) is 0.465. The van der Waals surface area contributed by atoms with Crippen molar-refractivity contribution in [3.63, 3.8) is 0 Å². The van der Waals surface area contributed by atoms with Gasteiger partial charge in [0.05, 0.1) is 18.4 Å². The zero-order valence-corrected chi connectivity index (χ0v) is 9.75. The van der Waals surface area contributed by atoms with E-state index in [1.165, 1.54) is 18.0 Å². The van der Waals surface area contributed by atoms with E-state index in [1.807, 2.05) is 0 Å². The Bertz CT molecular complexity index is 469. The summed E-state index contributed by atoms with van der Waals surface area (Å²) >= 11 is 5.68. The second-order valence-electron chi connectivity index (χ2n) is 3.84. The maximum atomic E-state index is 11.6. The minimum Gasteiger partial charge on any atom is -0.467 e. The maximum Gasteiger partial charge on any atom is 0.408 e. The molecular formula is C9H10ClN3O4. The number of carbonyl (C=O) groups is 1. The van der Waals surface area contributed by atoms with Gasteiger partial charge in [0.15, 0.2) is 11.1 Å². The topological polar surface area (TPSA) is 87.3 Å². The van der Waals surface area contributed by atoms with Crippen LogP contribution >= 0.6 is 11.6 Å². The van der Waals surface area contributed by atoms with Crippen LogP contribution in [0.4, 0.5) is 5.82 Å². The van der Waals surface area contributed by atoms with Gasteiger partial charge < -0.3 is 14.9 Å². The van der Waals surface area contributed by atoms with Gasteiger partial charge in [-0.25, -0.2) is 4.79 Å². The predicted molar refractivity (Wildman–Crippen MR) is 57.7 cm³/mol. The van der Waals surface area contributed by atoms with Gasteiger partial charge >= 0.3 is 11.8 Å². The molecule has 0 N–H and O–H groups in total. The highest BCUT2D eigenvalue weighted by Gasteiger charge is 2.41. The highest BCUT2D eigenvalue weighted by molar-refractivity contribution is 6.32. The van der Waals surface area contributed by atoms with Crippen LogP contribution in [0.15, 0.2) is 6.20 Å². The van der Waals surface area contributed by atoms with Gasteiger partial charge in [0.1, 0.15) is 0 Å². The molecule has 7 nitrogen and oxygen atoms in total. The Morgan fingerprint density at radius 2 is 2.41 bits per heavy atom. The molecule has 1 fully saturated rings. The van der Waals surface area contributed by atoms with Crippen LogP contribution in [0.2, 0.25) is 5.02 Å². The molecule has 1 saturated carbocycles. The number of nitrogens with zero attached hydrogens (tertiary/aromatic N) is 3. The van der Waals surface area contributed by atoms with Gasteiger partial charge in [0.25, 0.3) is 0 Å². The summed E-state index contributed by atoms with van der Waals surface area (Å²) in [4.78, 5) is 21.5. The molecule has 1 unspecified atom stereocenters. The monoisotopic (exact) mass is 259 g/mol. The number of methoxy groups -OCH3 is 1. The molecule has 1 aliphatic carbocycles. The van der Waals surface area contributed by atoms with Crippen molar-refractivity contribution in [3.05, 3.63) is 21.3 Å². The summed E-state index contributed by atoms with van der Waals surface area (Å²) in [6, 6.07) is -0.619. The van der Waals surface area contributed by atoms with E-state index in [2.05, 4.69) is 9.84 Å². The van der Waals surface area contributed by atoms with Crippen LogP contribution in [0, 0.1) is 16.0 Å². The predicted octanol–water partition coefficient (Wildman–Crippen LogP) is 1.57. The summed E-state index contributed by atoms with van der Waals surface area (Å²) in [5.74, 6) is -0.777. The fourth-order valence-corrected chi connectivity index (χ4v) is 1.88. The van der Waals surface area contributed by atoms with Crippen molar-refractivity contribution in [1.82, 2.24) is 9.78 Å². The van der Waals surface area contributed by atoms with E-state index in [0.29, 0.717) is 0 Å². The number of nitro groups is 1. The summed E-state index contributed by atoms with van der Waals surface area (Å²) in [7, 11) is 1.28. The molecule has 0 amide bonds. The number of carbonyl (C=O) groups excluding carboxylic acids is 1. The lowest BCUT2D eigenvalue weighted by Gasteiger charge is -2.10. The first-order chi connectivity index (χ1) is 8.04. The van der Waals surface area contributed by atoms with Gasteiger partial charge in [0.2, 0.25) is 0 Å². The van der Waals surface area contributed by atoms with Crippen molar-refractivity contribution in [2.45, 2.75) is 18.9 Å². The Morgan fingerprint density at radius 3 is 2.82 bits per heavy atom. The van der Waals surface area contributed by atoms with Crippen LogP contribution in [0.25, 0.3) is 0 Å². The van der Waals surface area contributed by atoms with Crippen LogP contribution < -0.4 is 0 Å². The average Bonchev–Trinajstić information content (AvgIpc) is 3.02. The van der Waals surface area contributed by atoms with E-state index in [4.69, 9.17) is 11.6 Å². The fraction of sp³-hybridized carbons (Fsp3) is 0.556.